The van der Waals surface area contributed by atoms with Crippen molar-refractivity contribution in [1.29, 1.82) is 0 Å². The zero-order valence-corrected chi connectivity index (χ0v) is 13.3. The van der Waals surface area contributed by atoms with Crippen LogP contribution in [-0.2, 0) is 0 Å². The van der Waals surface area contributed by atoms with E-state index in [9.17, 15) is 0 Å². The Morgan fingerprint density at radius 1 is 0.750 bits per heavy atom. The lowest BCUT2D eigenvalue weighted by atomic mass is 10.3. The summed E-state index contributed by atoms with van der Waals surface area (Å²) >= 11 is 4.37. The predicted octanol–water partition coefficient (Wildman–Crippen LogP) is 5.96. The summed E-state index contributed by atoms with van der Waals surface area (Å²) in [5.74, 6) is 2.69. The molecule has 0 amide bonds. The highest BCUT2D eigenvalue weighted by Gasteiger charge is 2.22. The van der Waals surface area contributed by atoms with E-state index >= 15 is 0 Å². The fraction of sp³-hybridized carbons (Fsp3) is 1.00. The first-order valence-corrected chi connectivity index (χ1v) is 8.93. The van der Waals surface area contributed by atoms with E-state index in [0.717, 1.165) is 0 Å². The summed E-state index contributed by atoms with van der Waals surface area (Å²) in [6, 6.07) is 0. The van der Waals surface area contributed by atoms with Crippen LogP contribution in [0, 0.1) is 0 Å². The van der Waals surface area contributed by atoms with Crippen molar-refractivity contribution in [3.05, 3.63) is 0 Å². The third kappa shape index (κ3) is 8.81. The van der Waals surface area contributed by atoms with Crippen LogP contribution in [0.5, 0.6) is 0 Å². The quantitative estimate of drug-likeness (QED) is 0.333. The monoisotopic (exact) mass is 262 g/mol. The molecule has 16 heavy (non-hydrogen) atoms. The standard InChI is InChI=1S/C14H30S2/c1-5-8-10-12-15-14(4,7-3)16-13-11-9-6-2/h5-13H2,1-4H3. The Hall–Kier alpha value is 0.700. The molecular formula is C14H30S2. The minimum Gasteiger partial charge on any atom is -0.145 e. The average Bonchev–Trinajstić information content (AvgIpc) is 2.31. The molecule has 0 fully saturated rings. The van der Waals surface area contributed by atoms with E-state index in [1.165, 1.54) is 56.5 Å². The molecule has 98 valence electrons. The molecule has 0 saturated heterocycles. The normalized spacial score (nSPS) is 12.0. The van der Waals surface area contributed by atoms with Crippen LogP contribution >= 0.6 is 23.5 Å². The van der Waals surface area contributed by atoms with Crippen molar-refractivity contribution in [2.45, 2.75) is 76.7 Å². The molecular weight excluding hydrogens is 232 g/mol. The molecule has 0 aliphatic heterocycles. The molecule has 0 aliphatic carbocycles. The second kappa shape index (κ2) is 10.8. The van der Waals surface area contributed by atoms with Crippen molar-refractivity contribution in [3.8, 4) is 0 Å². The van der Waals surface area contributed by atoms with Crippen molar-refractivity contribution < 1.29 is 0 Å². The minimum atomic E-state index is 0.474. The fourth-order valence-electron chi connectivity index (χ4n) is 1.53. The number of hydrogen-bond acceptors (Lipinski definition) is 2. The van der Waals surface area contributed by atoms with Gasteiger partial charge in [-0.2, -0.15) is 0 Å². The van der Waals surface area contributed by atoms with E-state index < -0.39 is 0 Å². The second-order valence-corrected chi connectivity index (χ2v) is 8.05. The third-order valence-electron chi connectivity index (χ3n) is 2.95. The molecule has 0 unspecified atom stereocenters. The summed E-state index contributed by atoms with van der Waals surface area (Å²) in [7, 11) is 0. The van der Waals surface area contributed by atoms with Crippen LogP contribution in [0.4, 0.5) is 0 Å². The van der Waals surface area contributed by atoms with E-state index in [4.69, 9.17) is 0 Å². The molecule has 0 heterocycles. The van der Waals surface area contributed by atoms with Gasteiger partial charge < -0.3 is 0 Å². The molecule has 0 bridgehead atoms. The highest BCUT2D eigenvalue weighted by Crippen LogP contribution is 2.40. The zero-order valence-electron chi connectivity index (χ0n) is 11.7. The lowest BCUT2D eigenvalue weighted by Gasteiger charge is -2.27. The average molecular weight is 263 g/mol. The van der Waals surface area contributed by atoms with Crippen LogP contribution in [0.1, 0.15) is 72.6 Å². The highest BCUT2D eigenvalue weighted by atomic mass is 32.2. The molecule has 0 aliphatic rings. The molecule has 0 rings (SSSR count). The summed E-state index contributed by atoms with van der Waals surface area (Å²) in [6.07, 6.45) is 9.56. The van der Waals surface area contributed by atoms with Crippen molar-refractivity contribution in [1.82, 2.24) is 0 Å². The van der Waals surface area contributed by atoms with E-state index in [0.29, 0.717) is 4.08 Å². The van der Waals surface area contributed by atoms with Gasteiger partial charge in [-0.25, -0.2) is 0 Å². The maximum absolute atomic E-state index is 2.43. The summed E-state index contributed by atoms with van der Waals surface area (Å²) in [5, 5.41) is 0. The third-order valence-corrected chi connectivity index (χ3v) is 6.44. The van der Waals surface area contributed by atoms with Gasteiger partial charge in [-0.1, -0.05) is 46.5 Å². The molecule has 0 spiro atoms. The summed E-state index contributed by atoms with van der Waals surface area (Å²) in [4.78, 5) is 0. The molecule has 0 aromatic rings. The topological polar surface area (TPSA) is 0 Å². The number of hydrogen-bond donors (Lipinski definition) is 0. The first-order chi connectivity index (χ1) is 7.68. The Morgan fingerprint density at radius 3 is 1.50 bits per heavy atom. The number of thioether (sulfide) groups is 2. The minimum absolute atomic E-state index is 0.474. The SMILES string of the molecule is CCCCCSC(C)(CC)SCCCCC. The first kappa shape index (κ1) is 16.7. The Kier molecular flexibility index (Phi) is 11.3. The van der Waals surface area contributed by atoms with Crippen molar-refractivity contribution in [3.63, 3.8) is 0 Å². The Balaban J connectivity index is 3.64. The van der Waals surface area contributed by atoms with Crippen molar-refractivity contribution >= 4 is 23.5 Å². The highest BCUT2D eigenvalue weighted by molar-refractivity contribution is 8.18. The van der Waals surface area contributed by atoms with Gasteiger partial charge in [0.25, 0.3) is 0 Å². The van der Waals surface area contributed by atoms with Gasteiger partial charge in [-0.3, -0.25) is 0 Å². The maximum atomic E-state index is 2.43. The van der Waals surface area contributed by atoms with E-state index in [1.807, 2.05) is 0 Å². The molecule has 0 radical (unpaired) electrons. The van der Waals surface area contributed by atoms with Crippen LogP contribution in [0.15, 0.2) is 0 Å². The number of unbranched alkanes of at least 4 members (excludes halogenated alkanes) is 4. The maximum Gasteiger partial charge on any atom is 0.0580 e. The largest absolute Gasteiger partial charge is 0.145 e. The lowest BCUT2D eigenvalue weighted by Crippen LogP contribution is -2.15. The lowest BCUT2D eigenvalue weighted by molar-refractivity contribution is 0.765. The smallest absolute Gasteiger partial charge is 0.0580 e. The molecule has 0 atom stereocenters. The molecule has 0 saturated carbocycles. The Labute approximate surface area is 112 Å². The van der Waals surface area contributed by atoms with E-state index in [-0.39, 0.29) is 0 Å². The van der Waals surface area contributed by atoms with Gasteiger partial charge in [0.15, 0.2) is 0 Å². The predicted molar refractivity (Wildman–Crippen MR) is 82.7 cm³/mol. The summed E-state index contributed by atoms with van der Waals surface area (Å²) in [5.41, 5.74) is 0. The molecule has 2 heteroatoms. The van der Waals surface area contributed by atoms with Gasteiger partial charge in [0.1, 0.15) is 0 Å². The van der Waals surface area contributed by atoms with E-state index in [1.54, 1.807) is 0 Å². The number of rotatable bonds is 11. The van der Waals surface area contributed by atoms with E-state index in [2.05, 4.69) is 51.2 Å². The van der Waals surface area contributed by atoms with Crippen LogP contribution in [0.3, 0.4) is 0 Å². The summed E-state index contributed by atoms with van der Waals surface area (Å²) < 4.78 is 0.474. The molecule has 0 aromatic carbocycles. The fourth-order valence-corrected chi connectivity index (χ4v) is 4.33. The van der Waals surface area contributed by atoms with Crippen molar-refractivity contribution in [2.24, 2.45) is 0 Å². The van der Waals surface area contributed by atoms with Gasteiger partial charge in [0, 0.05) is 0 Å². The van der Waals surface area contributed by atoms with Gasteiger partial charge in [-0.05, 0) is 37.7 Å². The molecule has 0 nitrogen and oxygen atoms in total. The van der Waals surface area contributed by atoms with Crippen molar-refractivity contribution in [2.75, 3.05) is 11.5 Å². The molecule has 0 N–H and O–H groups in total. The van der Waals surface area contributed by atoms with Crippen LogP contribution < -0.4 is 0 Å². The second-order valence-electron chi connectivity index (χ2n) is 4.60. The van der Waals surface area contributed by atoms with Crippen LogP contribution in [0.25, 0.3) is 0 Å². The van der Waals surface area contributed by atoms with Gasteiger partial charge in [-0.15, -0.1) is 23.5 Å². The van der Waals surface area contributed by atoms with Gasteiger partial charge in [0.2, 0.25) is 0 Å². The Bertz CT molecular complexity index is 134. The van der Waals surface area contributed by atoms with Gasteiger partial charge >= 0.3 is 0 Å². The molecule has 0 aromatic heterocycles. The zero-order chi connectivity index (χ0) is 12.3. The van der Waals surface area contributed by atoms with Crippen LogP contribution in [0.2, 0.25) is 0 Å². The van der Waals surface area contributed by atoms with Gasteiger partial charge in [0.05, 0.1) is 4.08 Å². The first-order valence-electron chi connectivity index (χ1n) is 6.96. The Morgan fingerprint density at radius 2 is 1.19 bits per heavy atom. The van der Waals surface area contributed by atoms with Crippen LogP contribution in [-0.4, -0.2) is 15.6 Å². The summed E-state index contributed by atoms with van der Waals surface area (Å²) in [6.45, 7) is 9.33.